The summed E-state index contributed by atoms with van der Waals surface area (Å²) in [6.07, 6.45) is 5.01. The van der Waals surface area contributed by atoms with Gasteiger partial charge in [0.1, 0.15) is 11.6 Å². The van der Waals surface area contributed by atoms with Crippen LogP contribution in [-0.4, -0.2) is 35.5 Å². The van der Waals surface area contributed by atoms with E-state index in [2.05, 4.69) is 60.3 Å². The molecule has 2 aromatic heterocycles. The molecule has 2 aromatic carbocycles. The minimum atomic E-state index is -0.201. The highest BCUT2D eigenvalue weighted by atomic mass is 19.1. The maximum absolute atomic E-state index is 13.2. The fourth-order valence-electron chi connectivity index (χ4n) is 4.80. The van der Waals surface area contributed by atoms with E-state index in [0.29, 0.717) is 6.04 Å². The first-order chi connectivity index (χ1) is 16.1. The Bertz CT molecular complexity index is 1240. The molecular weight excluding hydrogens is 411 g/mol. The van der Waals surface area contributed by atoms with Gasteiger partial charge in [-0.15, -0.1) is 0 Å². The molecule has 1 atom stereocenters. The van der Waals surface area contributed by atoms with Gasteiger partial charge in [0.25, 0.3) is 0 Å². The largest absolute Gasteiger partial charge is 0.362 e. The maximum Gasteiger partial charge on any atom is 0.133 e. The minimum Gasteiger partial charge on any atom is -0.362 e. The fraction of sp³-hybridized carbons (Fsp3) is 0.286. The summed E-state index contributed by atoms with van der Waals surface area (Å²) in [4.78, 5) is 14.4. The van der Waals surface area contributed by atoms with Gasteiger partial charge in [0.15, 0.2) is 0 Å². The van der Waals surface area contributed by atoms with E-state index in [0.717, 1.165) is 54.1 Å². The summed E-state index contributed by atoms with van der Waals surface area (Å²) in [6.45, 7) is 1.92. The van der Waals surface area contributed by atoms with E-state index in [1.54, 1.807) is 0 Å². The van der Waals surface area contributed by atoms with Crippen LogP contribution in [0.1, 0.15) is 41.3 Å². The molecule has 0 amide bonds. The lowest BCUT2D eigenvalue weighted by atomic mass is 10.0. The third-order valence-corrected chi connectivity index (χ3v) is 6.45. The Kier molecular flexibility index (Phi) is 6.05. The molecule has 0 saturated carbocycles. The van der Waals surface area contributed by atoms with Gasteiger partial charge in [-0.1, -0.05) is 36.4 Å². The molecule has 0 radical (unpaired) electrons. The van der Waals surface area contributed by atoms with Crippen molar-refractivity contribution in [1.82, 2.24) is 14.9 Å². The average molecular weight is 441 g/mol. The summed E-state index contributed by atoms with van der Waals surface area (Å²) >= 11 is 0. The van der Waals surface area contributed by atoms with Gasteiger partial charge < -0.3 is 4.90 Å². The first-order valence-electron chi connectivity index (χ1n) is 11.6. The van der Waals surface area contributed by atoms with E-state index in [1.165, 1.54) is 29.5 Å². The Morgan fingerprint density at radius 1 is 1.00 bits per heavy atom. The number of nitrogens with zero attached hydrogens (tertiary/aromatic N) is 4. The molecule has 0 unspecified atom stereocenters. The Hall–Kier alpha value is -3.31. The van der Waals surface area contributed by atoms with Gasteiger partial charge in [0.05, 0.1) is 17.3 Å². The number of anilines is 1. The molecular formula is C28H29FN4. The molecule has 168 valence electrons. The molecule has 0 aliphatic carbocycles. The van der Waals surface area contributed by atoms with Crippen molar-refractivity contribution in [2.45, 2.75) is 31.8 Å². The predicted molar refractivity (Wildman–Crippen MR) is 132 cm³/mol. The third kappa shape index (κ3) is 4.74. The molecule has 1 fully saturated rings. The van der Waals surface area contributed by atoms with Crippen molar-refractivity contribution in [3.05, 3.63) is 101 Å². The molecule has 1 aliphatic rings. The molecule has 0 spiro atoms. The number of likely N-dealkylation sites (tertiary alicyclic amines) is 1. The van der Waals surface area contributed by atoms with Crippen LogP contribution in [0.3, 0.4) is 0 Å². The van der Waals surface area contributed by atoms with Crippen molar-refractivity contribution in [2.24, 2.45) is 0 Å². The molecule has 5 rings (SSSR count). The zero-order chi connectivity index (χ0) is 22.8. The molecule has 4 aromatic rings. The zero-order valence-electron chi connectivity index (χ0n) is 19.2. The average Bonchev–Trinajstić information content (AvgIpc) is 3.28. The number of hydrogen-bond donors (Lipinski definition) is 0. The van der Waals surface area contributed by atoms with Crippen LogP contribution in [0.4, 0.5) is 10.2 Å². The Balaban J connectivity index is 1.35. The number of pyridine rings is 2. The molecule has 1 saturated heterocycles. The lowest BCUT2D eigenvalue weighted by Crippen LogP contribution is -2.25. The summed E-state index contributed by atoms with van der Waals surface area (Å²) in [5.74, 6) is 0.828. The first-order valence-corrected chi connectivity index (χ1v) is 11.6. The highest BCUT2D eigenvalue weighted by Gasteiger charge is 2.28. The van der Waals surface area contributed by atoms with Gasteiger partial charge >= 0.3 is 0 Å². The van der Waals surface area contributed by atoms with Crippen LogP contribution in [0, 0.1) is 5.82 Å². The highest BCUT2D eigenvalue weighted by molar-refractivity contribution is 5.81. The normalized spacial score (nSPS) is 16.4. The third-order valence-electron chi connectivity index (χ3n) is 6.45. The van der Waals surface area contributed by atoms with Crippen LogP contribution in [0.5, 0.6) is 0 Å². The number of aromatic nitrogens is 2. The van der Waals surface area contributed by atoms with E-state index in [1.807, 2.05) is 24.4 Å². The van der Waals surface area contributed by atoms with Crippen molar-refractivity contribution in [3.63, 3.8) is 0 Å². The van der Waals surface area contributed by atoms with Crippen molar-refractivity contribution in [3.8, 4) is 0 Å². The second-order valence-corrected chi connectivity index (χ2v) is 9.08. The second kappa shape index (κ2) is 9.28. The Labute approximate surface area is 194 Å². The topological polar surface area (TPSA) is 32.3 Å². The van der Waals surface area contributed by atoms with Gasteiger partial charge in [0.2, 0.25) is 0 Å². The van der Waals surface area contributed by atoms with Gasteiger partial charge in [-0.2, -0.15) is 0 Å². The Morgan fingerprint density at radius 2 is 1.79 bits per heavy atom. The summed E-state index contributed by atoms with van der Waals surface area (Å²) < 4.78 is 13.2. The van der Waals surface area contributed by atoms with Gasteiger partial charge in [-0.25, -0.2) is 9.37 Å². The van der Waals surface area contributed by atoms with Crippen molar-refractivity contribution >= 4 is 16.7 Å². The number of para-hydroxylation sites is 1. The van der Waals surface area contributed by atoms with E-state index < -0.39 is 0 Å². The lowest BCUT2D eigenvalue weighted by Gasteiger charge is -2.26. The number of rotatable bonds is 6. The Morgan fingerprint density at radius 3 is 2.55 bits per heavy atom. The first kappa shape index (κ1) is 21.5. The predicted octanol–water partition coefficient (Wildman–Crippen LogP) is 5.76. The molecule has 5 heteroatoms. The summed E-state index contributed by atoms with van der Waals surface area (Å²) in [5, 5.41) is 1.18. The van der Waals surface area contributed by atoms with Crippen LogP contribution in [0.2, 0.25) is 0 Å². The molecule has 1 aliphatic heterocycles. The maximum atomic E-state index is 13.2. The second-order valence-electron chi connectivity index (χ2n) is 9.08. The van der Waals surface area contributed by atoms with Gasteiger partial charge in [0, 0.05) is 37.8 Å². The summed E-state index contributed by atoms with van der Waals surface area (Å²) in [7, 11) is 4.12. The number of benzene rings is 2. The summed E-state index contributed by atoms with van der Waals surface area (Å²) in [6, 6.07) is 21.9. The molecule has 3 heterocycles. The van der Waals surface area contributed by atoms with E-state index in [9.17, 15) is 4.39 Å². The molecule has 4 nitrogen and oxygen atoms in total. The quantitative estimate of drug-likeness (QED) is 0.381. The highest BCUT2D eigenvalue weighted by Crippen LogP contribution is 2.34. The van der Waals surface area contributed by atoms with Crippen LogP contribution in [0.15, 0.2) is 72.9 Å². The van der Waals surface area contributed by atoms with Crippen LogP contribution in [-0.2, 0) is 13.0 Å². The van der Waals surface area contributed by atoms with Crippen LogP contribution < -0.4 is 4.90 Å². The smallest absolute Gasteiger partial charge is 0.133 e. The molecule has 0 N–H and O–H groups in total. The SMILES string of the molecule is CN(C)c1nc2ccccc2cc1CN1CCC[C@@H]1c1ccc(Cc2ccc(F)cc2)cn1. The van der Waals surface area contributed by atoms with E-state index >= 15 is 0 Å². The van der Waals surface area contributed by atoms with Gasteiger partial charge in [-0.05, 0) is 67.3 Å². The van der Waals surface area contributed by atoms with Crippen molar-refractivity contribution < 1.29 is 4.39 Å². The minimum absolute atomic E-state index is 0.201. The fourth-order valence-corrected chi connectivity index (χ4v) is 4.80. The number of halogens is 1. The molecule has 33 heavy (non-hydrogen) atoms. The number of hydrogen-bond acceptors (Lipinski definition) is 4. The zero-order valence-corrected chi connectivity index (χ0v) is 19.2. The van der Waals surface area contributed by atoms with Crippen molar-refractivity contribution in [2.75, 3.05) is 25.5 Å². The van der Waals surface area contributed by atoms with Gasteiger partial charge in [-0.3, -0.25) is 9.88 Å². The van der Waals surface area contributed by atoms with E-state index in [4.69, 9.17) is 9.97 Å². The number of fused-ring (bicyclic) bond motifs is 1. The summed E-state index contributed by atoms with van der Waals surface area (Å²) in [5.41, 5.74) is 5.63. The van der Waals surface area contributed by atoms with Crippen LogP contribution >= 0.6 is 0 Å². The standard InChI is InChI=1S/C28H29FN4/c1-32(2)28-23(17-22-6-3-4-7-25(22)31-28)19-33-15-5-8-27(33)26-14-11-21(18-30-26)16-20-9-12-24(29)13-10-20/h3-4,6-7,9-14,17-18,27H,5,8,15-16,19H2,1-2H3/t27-/m1/s1. The van der Waals surface area contributed by atoms with Crippen LogP contribution in [0.25, 0.3) is 10.9 Å². The van der Waals surface area contributed by atoms with Crippen molar-refractivity contribution in [1.29, 1.82) is 0 Å². The van der Waals surface area contributed by atoms with E-state index in [-0.39, 0.29) is 5.82 Å². The molecule has 0 bridgehead atoms. The monoisotopic (exact) mass is 440 g/mol. The lowest BCUT2D eigenvalue weighted by molar-refractivity contribution is 0.244.